The summed E-state index contributed by atoms with van der Waals surface area (Å²) in [6, 6.07) is 5.60. The lowest BCUT2D eigenvalue weighted by molar-refractivity contribution is -0.121. The molecule has 1 atom stereocenters. The normalized spacial score (nSPS) is 16.8. The number of amides is 1. The molecule has 0 unspecified atom stereocenters. The molecule has 142 valence electrons. The second-order valence-corrected chi connectivity index (χ2v) is 6.47. The Morgan fingerprint density at radius 3 is 2.92 bits per heavy atom. The molecule has 0 spiro atoms. The molecule has 1 aromatic heterocycles. The molecular weight excluding hydrogens is 356 g/mol. The van der Waals surface area contributed by atoms with Gasteiger partial charge in [0.1, 0.15) is 11.3 Å². The predicted molar refractivity (Wildman–Crippen MR) is 103 cm³/mol. The highest BCUT2D eigenvalue weighted by molar-refractivity contribution is 5.85. The van der Waals surface area contributed by atoms with Crippen LogP contribution in [0, 0.1) is 6.92 Å². The molecule has 2 aromatic rings. The number of hydrogen-bond acceptors (Lipinski definition) is 5. The van der Waals surface area contributed by atoms with E-state index in [0.717, 1.165) is 36.9 Å². The minimum Gasteiger partial charge on any atom is -0.497 e. The van der Waals surface area contributed by atoms with E-state index < -0.39 is 0 Å². The van der Waals surface area contributed by atoms with Gasteiger partial charge in [-0.2, -0.15) is 0 Å². The van der Waals surface area contributed by atoms with Gasteiger partial charge in [-0.25, -0.2) is 4.79 Å². The average molecular weight is 381 g/mol. The molecule has 26 heavy (non-hydrogen) atoms. The Hall–Kier alpha value is -2.05. The Balaban J connectivity index is 0.00000243. The molecule has 3 rings (SSSR count). The van der Waals surface area contributed by atoms with Crippen molar-refractivity contribution in [2.45, 2.75) is 38.6 Å². The third kappa shape index (κ3) is 4.56. The zero-order valence-corrected chi connectivity index (χ0v) is 15.9. The maximum absolute atomic E-state index is 12.3. The van der Waals surface area contributed by atoms with Crippen molar-refractivity contribution < 1.29 is 13.9 Å². The highest BCUT2D eigenvalue weighted by Gasteiger charge is 2.17. The molecule has 1 aliphatic heterocycles. The van der Waals surface area contributed by atoms with Gasteiger partial charge in [-0.1, -0.05) is 0 Å². The molecule has 1 saturated heterocycles. The molecule has 1 aromatic carbocycles. The zero-order chi connectivity index (χ0) is 17.8. The summed E-state index contributed by atoms with van der Waals surface area (Å²) in [4.78, 5) is 24.5. The minimum absolute atomic E-state index is 0. The number of rotatable bonds is 5. The Labute approximate surface area is 158 Å². The van der Waals surface area contributed by atoms with Crippen molar-refractivity contribution in [3.63, 3.8) is 0 Å². The Morgan fingerprint density at radius 1 is 1.42 bits per heavy atom. The van der Waals surface area contributed by atoms with Crippen molar-refractivity contribution in [1.82, 2.24) is 10.6 Å². The molecule has 6 nitrogen and oxygen atoms in total. The minimum atomic E-state index is -0.384. The average Bonchev–Trinajstić information content (AvgIpc) is 2.61. The van der Waals surface area contributed by atoms with Crippen LogP contribution in [0.5, 0.6) is 5.75 Å². The maximum atomic E-state index is 12.3. The smallest absolute Gasteiger partial charge is 0.339 e. The van der Waals surface area contributed by atoms with Gasteiger partial charge in [-0.05, 0) is 50.4 Å². The van der Waals surface area contributed by atoms with Crippen LogP contribution in [0.25, 0.3) is 11.0 Å². The quantitative estimate of drug-likeness (QED) is 0.778. The van der Waals surface area contributed by atoms with E-state index in [4.69, 9.17) is 9.15 Å². The molecule has 1 amide bonds. The van der Waals surface area contributed by atoms with E-state index in [1.807, 2.05) is 19.1 Å². The highest BCUT2D eigenvalue weighted by atomic mass is 35.5. The number of benzene rings is 1. The predicted octanol–water partition coefficient (Wildman–Crippen LogP) is 2.33. The van der Waals surface area contributed by atoms with E-state index in [0.29, 0.717) is 23.3 Å². The lowest BCUT2D eigenvalue weighted by Crippen LogP contribution is -2.45. The summed E-state index contributed by atoms with van der Waals surface area (Å²) < 4.78 is 10.6. The first kappa shape index (κ1) is 20.3. The zero-order valence-electron chi connectivity index (χ0n) is 15.1. The Morgan fingerprint density at radius 2 is 2.23 bits per heavy atom. The number of methoxy groups -OCH3 is 1. The van der Waals surface area contributed by atoms with Crippen molar-refractivity contribution in [3.8, 4) is 5.75 Å². The summed E-state index contributed by atoms with van der Waals surface area (Å²) in [7, 11) is 1.57. The molecule has 0 radical (unpaired) electrons. The first-order chi connectivity index (χ1) is 12.1. The highest BCUT2D eigenvalue weighted by Crippen LogP contribution is 2.24. The number of halogens is 1. The SMILES string of the molecule is COc1ccc2c(C)c(CCC(=O)N[C@H]3CCCNC3)c(=O)oc2c1.Cl. The van der Waals surface area contributed by atoms with Gasteiger partial charge in [0.15, 0.2) is 0 Å². The van der Waals surface area contributed by atoms with Gasteiger partial charge in [0.25, 0.3) is 0 Å². The third-order valence-electron chi connectivity index (χ3n) is 4.76. The molecule has 0 saturated carbocycles. The van der Waals surface area contributed by atoms with Gasteiger partial charge in [0, 0.05) is 36.0 Å². The van der Waals surface area contributed by atoms with Crippen LogP contribution < -0.4 is 21.0 Å². The van der Waals surface area contributed by atoms with E-state index in [2.05, 4.69) is 10.6 Å². The van der Waals surface area contributed by atoms with Crippen molar-refractivity contribution in [2.24, 2.45) is 0 Å². The van der Waals surface area contributed by atoms with Crippen LogP contribution in [0.4, 0.5) is 0 Å². The monoisotopic (exact) mass is 380 g/mol. The molecule has 1 fully saturated rings. The number of carbonyl (C=O) groups excluding carboxylic acids is 1. The second kappa shape index (κ2) is 9.05. The van der Waals surface area contributed by atoms with Crippen LogP contribution in [0.2, 0.25) is 0 Å². The number of nitrogens with one attached hydrogen (secondary N) is 2. The van der Waals surface area contributed by atoms with Gasteiger partial charge in [-0.15, -0.1) is 12.4 Å². The van der Waals surface area contributed by atoms with E-state index in [9.17, 15) is 9.59 Å². The summed E-state index contributed by atoms with van der Waals surface area (Å²) in [6.07, 6.45) is 2.73. The third-order valence-corrected chi connectivity index (χ3v) is 4.76. The van der Waals surface area contributed by atoms with E-state index >= 15 is 0 Å². The van der Waals surface area contributed by atoms with Crippen molar-refractivity contribution in [3.05, 3.63) is 39.7 Å². The first-order valence-electron chi connectivity index (χ1n) is 8.69. The molecular formula is C19H25ClN2O4. The molecule has 0 bridgehead atoms. The van der Waals surface area contributed by atoms with Gasteiger partial charge in [0.05, 0.1) is 7.11 Å². The molecule has 2 heterocycles. The van der Waals surface area contributed by atoms with Crippen molar-refractivity contribution >= 4 is 29.3 Å². The fraction of sp³-hybridized carbons (Fsp3) is 0.474. The summed E-state index contributed by atoms with van der Waals surface area (Å²) >= 11 is 0. The topological polar surface area (TPSA) is 80.6 Å². The molecule has 7 heteroatoms. The van der Waals surface area contributed by atoms with Crippen LogP contribution in [0.1, 0.15) is 30.4 Å². The van der Waals surface area contributed by atoms with Crippen LogP contribution >= 0.6 is 12.4 Å². The lowest BCUT2D eigenvalue weighted by Gasteiger charge is -2.23. The molecule has 1 aliphatic rings. The fourth-order valence-electron chi connectivity index (χ4n) is 3.30. The Kier molecular flexibility index (Phi) is 7.06. The summed E-state index contributed by atoms with van der Waals surface area (Å²) in [6.45, 7) is 3.71. The van der Waals surface area contributed by atoms with Crippen molar-refractivity contribution in [1.29, 1.82) is 0 Å². The number of piperidine rings is 1. The lowest BCUT2D eigenvalue weighted by atomic mass is 10.0. The van der Waals surface area contributed by atoms with Crippen LogP contribution in [0.15, 0.2) is 27.4 Å². The number of aryl methyl sites for hydroxylation is 1. The van der Waals surface area contributed by atoms with E-state index in [1.54, 1.807) is 13.2 Å². The second-order valence-electron chi connectivity index (χ2n) is 6.47. The first-order valence-corrected chi connectivity index (χ1v) is 8.69. The number of fused-ring (bicyclic) bond motifs is 1. The van der Waals surface area contributed by atoms with Crippen LogP contribution in [0.3, 0.4) is 0 Å². The van der Waals surface area contributed by atoms with Crippen LogP contribution in [-0.4, -0.2) is 32.1 Å². The van der Waals surface area contributed by atoms with Gasteiger partial charge in [0.2, 0.25) is 5.91 Å². The molecule has 2 N–H and O–H groups in total. The van der Waals surface area contributed by atoms with Crippen molar-refractivity contribution in [2.75, 3.05) is 20.2 Å². The molecule has 0 aliphatic carbocycles. The number of ether oxygens (including phenoxy) is 1. The van der Waals surface area contributed by atoms with Gasteiger partial charge in [-0.3, -0.25) is 4.79 Å². The number of hydrogen-bond donors (Lipinski definition) is 2. The Bertz CT molecular complexity index is 828. The largest absolute Gasteiger partial charge is 0.497 e. The standard InChI is InChI=1S/C19H24N2O4.ClH/c1-12-15-6-5-14(24-2)10-17(15)25-19(23)16(12)7-8-18(22)21-13-4-3-9-20-11-13;/h5-6,10,13,20H,3-4,7-9,11H2,1-2H3,(H,21,22);1H/t13-;/m0./s1. The van der Waals surface area contributed by atoms with E-state index in [-0.39, 0.29) is 36.4 Å². The van der Waals surface area contributed by atoms with Gasteiger partial charge < -0.3 is 19.8 Å². The van der Waals surface area contributed by atoms with E-state index in [1.165, 1.54) is 0 Å². The van der Waals surface area contributed by atoms with Gasteiger partial charge >= 0.3 is 5.63 Å². The summed E-state index contributed by atoms with van der Waals surface area (Å²) in [5, 5.41) is 7.17. The fourth-order valence-corrected chi connectivity index (χ4v) is 3.30. The number of carbonyl (C=O) groups is 1. The maximum Gasteiger partial charge on any atom is 0.339 e. The summed E-state index contributed by atoms with van der Waals surface area (Å²) in [5.41, 5.74) is 1.55. The summed E-state index contributed by atoms with van der Waals surface area (Å²) in [5.74, 6) is 0.616. The van der Waals surface area contributed by atoms with Crippen LogP contribution in [-0.2, 0) is 11.2 Å².